The Morgan fingerprint density at radius 3 is 2.78 bits per heavy atom. The topological polar surface area (TPSA) is 66.6 Å². The predicted molar refractivity (Wildman–Crippen MR) is 70.0 cm³/mol. The van der Waals surface area contributed by atoms with E-state index in [1.165, 1.54) is 5.56 Å². The molecule has 1 aromatic rings. The van der Waals surface area contributed by atoms with E-state index in [0.29, 0.717) is 13.1 Å². The fraction of sp³-hybridized carbons (Fsp3) is 0.500. The fourth-order valence-electron chi connectivity index (χ4n) is 2.23. The van der Waals surface area contributed by atoms with Gasteiger partial charge in [-0.3, -0.25) is 4.79 Å². The lowest BCUT2D eigenvalue weighted by molar-refractivity contribution is -0.134. The van der Waals surface area contributed by atoms with Gasteiger partial charge in [0.15, 0.2) is 0 Å². The number of carbonyl (C=O) groups excluding carboxylic acids is 1. The smallest absolute Gasteiger partial charge is 0.240 e. The summed E-state index contributed by atoms with van der Waals surface area (Å²) >= 11 is 0. The van der Waals surface area contributed by atoms with Crippen LogP contribution in [0.25, 0.3) is 0 Å². The Kier molecular flexibility index (Phi) is 3.57. The number of amides is 1. The highest BCUT2D eigenvalue weighted by Gasteiger charge is 2.26. The Labute approximate surface area is 107 Å². The van der Waals surface area contributed by atoms with E-state index in [9.17, 15) is 9.90 Å². The van der Waals surface area contributed by atoms with Gasteiger partial charge in [0, 0.05) is 13.1 Å². The van der Waals surface area contributed by atoms with E-state index in [1.807, 2.05) is 19.9 Å². The van der Waals surface area contributed by atoms with E-state index in [-0.39, 0.29) is 17.6 Å². The molecule has 98 valence electrons. The fourth-order valence-corrected chi connectivity index (χ4v) is 2.23. The van der Waals surface area contributed by atoms with Crippen molar-refractivity contribution in [3.05, 3.63) is 29.3 Å². The zero-order valence-corrected chi connectivity index (χ0v) is 10.9. The van der Waals surface area contributed by atoms with Gasteiger partial charge < -0.3 is 15.7 Å². The van der Waals surface area contributed by atoms with Gasteiger partial charge in [0.1, 0.15) is 5.75 Å². The number of phenols is 1. The van der Waals surface area contributed by atoms with Gasteiger partial charge in [-0.05, 0) is 35.6 Å². The summed E-state index contributed by atoms with van der Waals surface area (Å²) in [4.78, 5) is 14.0. The molecule has 3 N–H and O–H groups in total. The molecule has 1 unspecified atom stereocenters. The normalized spacial score (nSPS) is 16.6. The second-order valence-electron chi connectivity index (χ2n) is 5.23. The van der Waals surface area contributed by atoms with Gasteiger partial charge in [-0.15, -0.1) is 0 Å². The summed E-state index contributed by atoms with van der Waals surface area (Å²) < 4.78 is 0. The quantitative estimate of drug-likeness (QED) is 0.828. The summed E-state index contributed by atoms with van der Waals surface area (Å²) in [6.07, 6.45) is 0.826. The molecule has 0 bridgehead atoms. The molecule has 1 aliphatic heterocycles. The molecule has 0 aliphatic carbocycles. The monoisotopic (exact) mass is 248 g/mol. The molecule has 0 spiro atoms. The zero-order chi connectivity index (χ0) is 13.3. The van der Waals surface area contributed by atoms with Crippen LogP contribution in [0.5, 0.6) is 5.75 Å². The largest absolute Gasteiger partial charge is 0.508 e. The number of benzene rings is 1. The van der Waals surface area contributed by atoms with E-state index in [4.69, 9.17) is 5.73 Å². The van der Waals surface area contributed by atoms with E-state index in [0.717, 1.165) is 12.0 Å². The second-order valence-corrected chi connectivity index (χ2v) is 5.23. The number of phenolic OH excluding ortho intramolecular Hbond substituents is 1. The Balaban J connectivity index is 2.14. The lowest BCUT2D eigenvalue weighted by Crippen LogP contribution is -2.48. The number of aromatic hydroxyl groups is 1. The molecule has 1 atom stereocenters. The van der Waals surface area contributed by atoms with Crippen LogP contribution in [0.1, 0.15) is 25.0 Å². The van der Waals surface area contributed by atoms with E-state index in [2.05, 4.69) is 0 Å². The molecule has 0 fully saturated rings. The van der Waals surface area contributed by atoms with Crippen molar-refractivity contribution in [3.8, 4) is 5.75 Å². The van der Waals surface area contributed by atoms with Crippen molar-refractivity contribution >= 4 is 5.91 Å². The minimum Gasteiger partial charge on any atom is -0.508 e. The number of nitrogens with two attached hydrogens (primary N) is 1. The highest BCUT2D eigenvalue weighted by molar-refractivity contribution is 5.82. The molecule has 1 amide bonds. The first-order chi connectivity index (χ1) is 8.49. The van der Waals surface area contributed by atoms with Gasteiger partial charge in [0.2, 0.25) is 5.91 Å². The van der Waals surface area contributed by atoms with Crippen LogP contribution in [0.4, 0.5) is 0 Å². The summed E-state index contributed by atoms with van der Waals surface area (Å²) in [5.41, 5.74) is 8.12. The van der Waals surface area contributed by atoms with E-state index >= 15 is 0 Å². The Bertz CT molecular complexity index is 457. The maximum Gasteiger partial charge on any atom is 0.240 e. The average Bonchev–Trinajstić information content (AvgIpc) is 2.35. The molecule has 0 saturated heterocycles. The molecule has 4 heteroatoms. The third-order valence-corrected chi connectivity index (χ3v) is 3.52. The van der Waals surface area contributed by atoms with Crippen LogP contribution in [-0.4, -0.2) is 28.5 Å². The summed E-state index contributed by atoms with van der Waals surface area (Å²) in [5, 5.41) is 9.48. The van der Waals surface area contributed by atoms with Gasteiger partial charge in [-0.1, -0.05) is 19.9 Å². The molecule has 0 saturated carbocycles. The Morgan fingerprint density at radius 2 is 2.11 bits per heavy atom. The lowest BCUT2D eigenvalue weighted by atomic mass is 9.97. The minimum absolute atomic E-state index is 0.000933. The molecule has 0 radical (unpaired) electrons. The average molecular weight is 248 g/mol. The zero-order valence-electron chi connectivity index (χ0n) is 10.9. The van der Waals surface area contributed by atoms with Crippen molar-refractivity contribution in [2.75, 3.05) is 6.54 Å². The number of fused-ring (bicyclic) bond motifs is 1. The Hall–Kier alpha value is -1.55. The van der Waals surface area contributed by atoms with Gasteiger partial charge in [0.05, 0.1) is 6.04 Å². The number of nitrogens with zero attached hydrogens (tertiary/aromatic N) is 1. The Morgan fingerprint density at radius 1 is 1.39 bits per heavy atom. The molecule has 0 aromatic heterocycles. The first-order valence-corrected chi connectivity index (χ1v) is 6.34. The number of hydrogen-bond acceptors (Lipinski definition) is 3. The third-order valence-electron chi connectivity index (χ3n) is 3.52. The summed E-state index contributed by atoms with van der Waals surface area (Å²) in [6.45, 7) is 5.15. The van der Waals surface area contributed by atoms with Crippen LogP contribution in [-0.2, 0) is 17.8 Å². The second kappa shape index (κ2) is 4.98. The first kappa shape index (κ1) is 12.9. The summed E-state index contributed by atoms with van der Waals surface area (Å²) in [7, 11) is 0. The maximum absolute atomic E-state index is 12.2. The highest BCUT2D eigenvalue weighted by Crippen LogP contribution is 2.23. The molecular formula is C14H20N2O2. The van der Waals surface area contributed by atoms with E-state index in [1.54, 1.807) is 17.0 Å². The van der Waals surface area contributed by atoms with Gasteiger partial charge in [-0.2, -0.15) is 0 Å². The number of carbonyl (C=O) groups is 1. The van der Waals surface area contributed by atoms with Crippen LogP contribution < -0.4 is 5.73 Å². The molecule has 1 aliphatic rings. The molecule has 18 heavy (non-hydrogen) atoms. The van der Waals surface area contributed by atoms with Gasteiger partial charge in [-0.25, -0.2) is 0 Å². The molecule has 1 aromatic carbocycles. The van der Waals surface area contributed by atoms with E-state index < -0.39 is 6.04 Å². The van der Waals surface area contributed by atoms with Crippen molar-refractivity contribution in [3.63, 3.8) is 0 Å². The minimum atomic E-state index is -0.441. The summed E-state index contributed by atoms with van der Waals surface area (Å²) in [6, 6.07) is 4.91. The lowest BCUT2D eigenvalue weighted by Gasteiger charge is -2.31. The number of rotatable bonds is 2. The molecule has 1 heterocycles. The van der Waals surface area contributed by atoms with Gasteiger partial charge in [0.25, 0.3) is 0 Å². The van der Waals surface area contributed by atoms with Gasteiger partial charge >= 0.3 is 0 Å². The van der Waals surface area contributed by atoms with Crippen LogP contribution in [0, 0.1) is 5.92 Å². The maximum atomic E-state index is 12.2. The van der Waals surface area contributed by atoms with Crippen molar-refractivity contribution < 1.29 is 9.90 Å². The van der Waals surface area contributed by atoms with Crippen LogP contribution in [0.2, 0.25) is 0 Å². The van der Waals surface area contributed by atoms with Crippen LogP contribution in [0.15, 0.2) is 18.2 Å². The van der Waals surface area contributed by atoms with Crippen molar-refractivity contribution in [1.82, 2.24) is 4.90 Å². The van der Waals surface area contributed by atoms with Crippen LogP contribution >= 0.6 is 0 Å². The van der Waals surface area contributed by atoms with Crippen molar-refractivity contribution in [2.45, 2.75) is 32.9 Å². The number of hydrogen-bond donors (Lipinski definition) is 2. The standard InChI is InChI=1S/C14H20N2O2/c1-9(2)13(15)14(18)16-6-5-10-3-4-12(17)7-11(10)8-16/h3-4,7,9,13,17H,5-6,8,15H2,1-2H3. The highest BCUT2D eigenvalue weighted by atomic mass is 16.3. The molecular weight excluding hydrogens is 228 g/mol. The van der Waals surface area contributed by atoms with Crippen molar-refractivity contribution in [2.24, 2.45) is 11.7 Å². The van der Waals surface area contributed by atoms with Crippen molar-refractivity contribution in [1.29, 1.82) is 0 Å². The molecule has 2 rings (SSSR count). The van der Waals surface area contributed by atoms with Crippen LogP contribution in [0.3, 0.4) is 0 Å². The summed E-state index contributed by atoms with van der Waals surface area (Å²) in [5.74, 6) is 0.387. The SMILES string of the molecule is CC(C)C(N)C(=O)N1CCc2ccc(O)cc2C1. The predicted octanol–water partition coefficient (Wildman–Crippen LogP) is 1.26. The third kappa shape index (κ3) is 2.48. The first-order valence-electron chi connectivity index (χ1n) is 6.34. The molecule has 4 nitrogen and oxygen atoms in total.